The van der Waals surface area contributed by atoms with Crippen molar-refractivity contribution in [3.05, 3.63) is 53.1 Å². The van der Waals surface area contributed by atoms with Gasteiger partial charge in [0.25, 0.3) is 5.91 Å². The van der Waals surface area contributed by atoms with Gasteiger partial charge < -0.3 is 16.0 Å². The van der Waals surface area contributed by atoms with E-state index in [2.05, 4.69) is 25.9 Å². The molecule has 1 unspecified atom stereocenters. The third kappa shape index (κ3) is 4.15. The van der Waals surface area contributed by atoms with Crippen LogP contribution in [0.25, 0.3) is 0 Å². The molecular weight excluding hydrogens is 420 g/mol. The number of carbonyl (C=O) groups excluding carboxylic acids is 3. The average Bonchev–Trinajstić information content (AvgIpc) is 3.37. The van der Waals surface area contributed by atoms with E-state index in [-0.39, 0.29) is 24.0 Å². The van der Waals surface area contributed by atoms with Gasteiger partial charge in [0.05, 0.1) is 5.69 Å². The van der Waals surface area contributed by atoms with Crippen LogP contribution in [-0.4, -0.2) is 39.5 Å². The maximum Gasteiger partial charge on any atom is 0.329 e. The van der Waals surface area contributed by atoms with Crippen LogP contribution in [-0.2, 0) is 24.2 Å². The lowest BCUT2D eigenvalue weighted by Gasteiger charge is -2.25. The maximum absolute atomic E-state index is 13.0. The second kappa shape index (κ2) is 8.46. The highest BCUT2D eigenvalue weighted by atomic mass is 16.2. The van der Waals surface area contributed by atoms with E-state index in [1.807, 2.05) is 19.2 Å². The number of anilines is 1. The van der Waals surface area contributed by atoms with Gasteiger partial charge in [-0.05, 0) is 62.3 Å². The number of carbonyl (C=O) groups is 3. The van der Waals surface area contributed by atoms with Crippen LogP contribution in [0.15, 0.2) is 30.5 Å². The minimum Gasteiger partial charge on any atom is -0.335 e. The Morgan fingerprint density at radius 3 is 2.91 bits per heavy atom. The van der Waals surface area contributed by atoms with Crippen molar-refractivity contribution in [2.45, 2.75) is 70.0 Å². The third-order valence-corrected chi connectivity index (χ3v) is 6.85. The van der Waals surface area contributed by atoms with Crippen LogP contribution in [0.5, 0.6) is 0 Å². The molecule has 172 valence electrons. The Balaban J connectivity index is 1.19. The molecule has 9 nitrogen and oxygen atoms in total. The second-order valence-corrected chi connectivity index (χ2v) is 9.19. The van der Waals surface area contributed by atoms with Crippen LogP contribution in [0.4, 0.5) is 15.3 Å². The van der Waals surface area contributed by atoms with Crippen LogP contribution < -0.4 is 20.9 Å². The van der Waals surface area contributed by atoms with Crippen molar-refractivity contribution in [3.8, 4) is 0 Å². The first-order chi connectivity index (χ1) is 15.9. The van der Waals surface area contributed by atoms with Gasteiger partial charge in [0.15, 0.2) is 0 Å². The highest BCUT2D eigenvalue weighted by Gasteiger charge is 2.52. The quantitative estimate of drug-likeness (QED) is 0.622. The van der Waals surface area contributed by atoms with Crippen molar-refractivity contribution in [2.75, 3.05) is 4.90 Å². The van der Waals surface area contributed by atoms with Crippen LogP contribution >= 0.6 is 0 Å². The fraction of sp³-hybridized carbons (Fsp3) is 0.458. The number of nitrogens with zero attached hydrogens (tertiary/aromatic N) is 3. The van der Waals surface area contributed by atoms with Gasteiger partial charge in [-0.2, -0.15) is 0 Å². The SMILES string of the molecule is Cc1ncc2c(n1)CCC(NC(=O)NCc1cccc(N3C(=O)NC4(CCCC4)C3=O)c1)C2. The number of benzene rings is 1. The zero-order valence-corrected chi connectivity index (χ0v) is 18.7. The van der Waals surface area contributed by atoms with Crippen molar-refractivity contribution in [1.82, 2.24) is 25.9 Å². The molecule has 1 atom stereocenters. The Bertz CT molecular complexity index is 1110. The molecule has 0 bridgehead atoms. The number of rotatable bonds is 4. The number of hydrogen-bond acceptors (Lipinski definition) is 5. The molecule has 9 heteroatoms. The molecule has 2 heterocycles. The molecule has 33 heavy (non-hydrogen) atoms. The Labute approximate surface area is 192 Å². The van der Waals surface area contributed by atoms with Gasteiger partial charge in [-0.3, -0.25) is 4.79 Å². The van der Waals surface area contributed by atoms with Crippen LogP contribution in [0.1, 0.15) is 54.7 Å². The van der Waals surface area contributed by atoms with E-state index in [1.165, 1.54) is 4.90 Å². The number of urea groups is 2. The smallest absolute Gasteiger partial charge is 0.329 e. The summed E-state index contributed by atoms with van der Waals surface area (Å²) in [5.41, 5.74) is 2.75. The predicted octanol–water partition coefficient (Wildman–Crippen LogP) is 2.51. The van der Waals surface area contributed by atoms with Crippen molar-refractivity contribution in [3.63, 3.8) is 0 Å². The van der Waals surface area contributed by atoms with Gasteiger partial charge in [0.1, 0.15) is 11.4 Å². The molecule has 5 amide bonds. The lowest BCUT2D eigenvalue weighted by molar-refractivity contribution is -0.121. The van der Waals surface area contributed by atoms with Gasteiger partial charge >= 0.3 is 12.1 Å². The highest BCUT2D eigenvalue weighted by molar-refractivity contribution is 6.23. The summed E-state index contributed by atoms with van der Waals surface area (Å²) in [6.45, 7) is 2.17. The largest absolute Gasteiger partial charge is 0.335 e. The standard InChI is InChI=1S/C24H28N6O3/c1-15-25-14-17-12-18(7-8-20(17)27-15)28-22(32)26-13-16-5-4-6-19(11-16)30-21(31)24(29-23(30)33)9-2-3-10-24/h4-6,11,14,18H,2-3,7-10,12-13H2,1H3,(H,29,33)(H2,26,28,32). The number of nitrogens with one attached hydrogen (secondary N) is 3. The number of hydrogen-bond donors (Lipinski definition) is 3. The molecule has 1 spiro atoms. The van der Waals surface area contributed by atoms with Crippen molar-refractivity contribution < 1.29 is 14.4 Å². The first kappa shape index (κ1) is 21.4. The topological polar surface area (TPSA) is 116 Å². The van der Waals surface area contributed by atoms with Gasteiger partial charge in [0, 0.05) is 24.5 Å². The van der Waals surface area contributed by atoms with E-state index in [9.17, 15) is 14.4 Å². The zero-order chi connectivity index (χ0) is 23.0. The lowest BCUT2D eigenvalue weighted by atomic mass is 9.93. The summed E-state index contributed by atoms with van der Waals surface area (Å²) in [5.74, 6) is 0.594. The summed E-state index contributed by atoms with van der Waals surface area (Å²) < 4.78 is 0. The normalized spacial score (nSPS) is 21.1. The predicted molar refractivity (Wildman–Crippen MR) is 122 cm³/mol. The Morgan fingerprint density at radius 2 is 2.09 bits per heavy atom. The molecule has 1 saturated heterocycles. The number of fused-ring (bicyclic) bond motifs is 1. The fourth-order valence-corrected chi connectivity index (χ4v) is 5.13. The summed E-state index contributed by atoms with van der Waals surface area (Å²) >= 11 is 0. The van der Waals surface area contributed by atoms with Gasteiger partial charge in [-0.25, -0.2) is 24.5 Å². The maximum atomic E-state index is 13.0. The molecule has 1 aromatic carbocycles. The first-order valence-corrected chi connectivity index (χ1v) is 11.5. The summed E-state index contributed by atoms with van der Waals surface area (Å²) in [4.78, 5) is 48.0. The van der Waals surface area contributed by atoms with Crippen molar-refractivity contribution >= 4 is 23.7 Å². The minimum absolute atomic E-state index is 0.0312. The molecule has 1 aliphatic heterocycles. The summed E-state index contributed by atoms with van der Waals surface area (Å²) in [5, 5.41) is 8.81. The number of aryl methyl sites for hydroxylation is 2. The van der Waals surface area contributed by atoms with E-state index in [1.54, 1.807) is 18.2 Å². The highest BCUT2D eigenvalue weighted by Crippen LogP contribution is 2.37. The molecule has 1 aromatic heterocycles. The minimum atomic E-state index is -0.742. The number of aromatic nitrogens is 2. The molecule has 2 fully saturated rings. The number of amides is 5. The van der Waals surface area contributed by atoms with Gasteiger partial charge in [0.2, 0.25) is 0 Å². The van der Waals surface area contributed by atoms with E-state index in [0.29, 0.717) is 31.5 Å². The molecule has 0 radical (unpaired) electrons. The van der Waals surface area contributed by atoms with Crippen LogP contribution in [0.3, 0.4) is 0 Å². The Morgan fingerprint density at radius 1 is 1.27 bits per heavy atom. The van der Waals surface area contributed by atoms with E-state index in [4.69, 9.17) is 0 Å². The molecule has 3 aliphatic rings. The average molecular weight is 449 g/mol. The second-order valence-electron chi connectivity index (χ2n) is 9.19. The number of imide groups is 1. The van der Waals surface area contributed by atoms with Crippen molar-refractivity contribution in [2.24, 2.45) is 0 Å². The third-order valence-electron chi connectivity index (χ3n) is 6.85. The van der Waals surface area contributed by atoms with E-state index < -0.39 is 5.54 Å². The first-order valence-electron chi connectivity index (χ1n) is 11.5. The van der Waals surface area contributed by atoms with E-state index in [0.717, 1.165) is 48.3 Å². The zero-order valence-electron chi connectivity index (χ0n) is 18.7. The summed E-state index contributed by atoms with van der Waals surface area (Å²) in [7, 11) is 0. The van der Waals surface area contributed by atoms with Crippen molar-refractivity contribution in [1.29, 1.82) is 0 Å². The van der Waals surface area contributed by atoms with Crippen LogP contribution in [0, 0.1) is 6.92 Å². The van der Waals surface area contributed by atoms with Crippen LogP contribution in [0.2, 0.25) is 0 Å². The Hall–Kier alpha value is -3.49. The van der Waals surface area contributed by atoms with Gasteiger partial charge in [-0.1, -0.05) is 25.0 Å². The fourth-order valence-electron chi connectivity index (χ4n) is 5.13. The van der Waals surface area contributed by atoms with Gasteiger partial charge in [-0.15, -0.1) is 0 Å². The van der Waals surface area contributed by atoms with E-state index >= 15 is 0 Å². The summed E-state index contributed by atoms with van der Waals surface area (Å²) in [6, 6.07) is 6.60. The molecular formula is C24H28N6O3. The Kier molecular flexibility index (Phi) is 5.47. The summed E-state index contributed by atoms with van der Waals surface area (Å²) in [6.07, 6.45) is 7.47. The molecule has 2 aromatic rings. The molecule has 2 aliphatic carbocycles. The molecule has 5 rings (SSSR count). The lowest BCUT2D eigenvalue weighted by Crippen LogP contribution is -2.44. The molecule has 1 saturated carbocycles. The molecule has 3 N–H and O–H groups in total. The monoisotopic (exact) mass is 448 g/mol.